The smallest absolute Gasteiger partial charge is 0.334 e. The Labute approximate surface area is 150 Å². The van der Waals surface area contributed by atoms with Crippen LogP contribution in [0.1, 0.15) is 57.4 Å². The number of hydrogen-bond donors (Lipinski definition) is 1. The number of nitrogens with zero attached hydrogens (tertiary/aromatic N) is 2. The minimum Gasteiger partial charge on any atom is -0.479 e. The molecule has 4 nitrogen and oxygen atoms in total. The van der Waals surface area contributed by atoms with Gasteiger partial charge in [0, 0.05) is 6.04 Å². The van der Waals surface area contributed by atoms with Gasteiger partial charge in [-0.3, -0.25) is 4.99 Å². The quantitative estimate of drug-likeness (QED) is 0.802. The van der Waals surface area contributed by atoms with Crippen LogP contribution in [0.4, 0.5) is 0 Å². The number of carboxylic acids is 1. The second-order valence-electron chi connectivity index (χ2n) is 7.18. The fourth-order valence-corrected chi connectivity index (χ4v) is 4.06. The van der Waals surface area contributed by atoms with Crippen LogP contribution in [0.25, 0.3) is 6.08 Å². The number of hydrogen-bond acceptors (Lipinski definition) is 3. The zero-order chi connectivity index (χ0) is 17.7. The van der Waals surface area contributed by atoms with Gasteiger partial charge in [0.2, 0.25) is 0 Å². The molecule has 0 saturated heterocycles. The van der Waals surface area contributed by atoms with Gasteiger partial charge in [0.15, 0.2) is 5.54 Å². The van der Waals surface area contributed by atoms with Gasteiger partial charge in [-0.1, -0.05) is 75.1 Å². The summed E-state index contributed by atoms with van der Waals surface area (Å²) < 4.78 is 0. The topological polar surface area (TPSA) is 52.9 Å². The van der Waals surface area contributed by atoms with E-state index in [1.165, 1.54) is 12.8 Å². The summed E-state index contributed by atoms with van der Waals surface area (Å²) in [5, 5.41) is 10.0. The van der Waals surface area contributed by atoms with Crippen LogP contribution in [0.5, 0.6) is 0 Å². The van der Waals surface area contributed by atoms with Crippen molar-refractivity contribution in [2.75, 3.05) is 0 Å². The van der Waals surface area contributed by atoms with Crippen molar-refractivity contribution in [2.24, 2.45) is 4.99 Å². The monoisotopic (exact) mass is 340 g/mol. The Balaban J connectivity index is 1.91. The molecule has 2 aliphatic rings. The first-order valence-corrected chi connectivity index (χ1v) is 9.47. The van der Waals surface area contributed by atoms with Crippen LogP contribution in [0, 0.1) is 0 Å². The Kier molecular flexibility index (Phi) is 5.57. The average molecular weight is 340 g/mol. The van der Waals surface area contributed by atoms with E-state index < -0.39 is 11.5 Å². The predicted molar refractivity (Wildman–Crippen MR) is 102 cm³/mol. The van der Waals surface area contributed by atoms with E-state index in [1.807, 2.05) is 42.7 Å². The molecule has 1 aromatic rings. The molecule has 1 N–H and O–H groups in total. The third-order valence-corrected chi connectivity index (χ3v) is 5.53. The predicted octanol–water partition coefficient (Wildman–Crippen LogP) is 4.37. The molecule has 1 fully saturated rings. The van der Waals surface area contributed by atoms with Crippen LogP contribution >= 0.6 is 0 Å². The highest BCUT2D eigenvalue weighted by Crippen LogP contribution is 2.37. The van der Waals surface area contributed by atoms with Crippen molar-refractivity contribution in [1.82, 2.24) is 4.90 Å². The number of aliphatic imine (C=N–C) groups is 1. The lowest BCUT2D eigenvalue weighted by Crippen LogP contribution is -2.52. The molecule has 2 unspecified atom stereocenters. The summed E-state index contributed by atoms with van der Waals surface area (Å²) in [6, 6.07) is 10.3. The molecule has 134 valence electrons. The highest BCUT2D eigenvalue weighted by molar-refractivity contribution is 5.86. The molecule has 0 amide bonds. The van der Waals surface area contributed by atoms with E-state index in [2.05, 4.69) is 22.9 Å². The van der Waals surface area contributed by atoms with Gasteiger partial charge in [-0.25, -0.2) is 4.79 Å². The van der Waals surface area contributed by atoms with E-state index in [-0.39, 0.29) is 6.04 Å². The fraction of sp³-hybridized carbons (Fsp3) is 0.524. The number of benzene rings is 1. The third kappa shape index (κ3) is 3.63. The molecular formula is C21H28N2O2. The second kappa shape index (κ2) is 7.85. The first-order chi connectivity index (χ1) is 12.2. The van der Waals surface area contributed by atoms with Crippen LogP contribution in [0.2, 0.25) is 0 Å². The fourth-order valence-electron chi connectivity index (χ4n) is 4.06. The van der Waals surface area contributed by atoms with Gasteiger partial charge in [-0.05, 0) is 24.8 Å². The molecule has 1 aliphatic carbocycles. The van der Waals surface area contributed by atoms with Gasteiger partial charge in [0.05, 0.1) is 12.4 Å². The summed E-state index contributed by atoms with van der Waals surface area (Å²) in [6.07, 6.45) is 13.1. The molecule has 1 heterocycles. The first kappa shape index (κ1) is 17.7. The van der Waals surface area contributed by atoms with Gasteiger partial charge in [-0.2, -0.15) is 0 Å². The van der Waals surface area contributed by atoms with E-state index in [9.17, 15) is 9.90 Å². The lowest BCUT2D eigenvalue weighted by molar-refractivity contribution is -0.144. The van der Waals surface area contributed by atoms with Crippen molar-refractivity contribution < 1.29 is 9.90 Å². The van der Waals surface area contributed by atoms with Crippen LogP contribution in [-0.2, 0) is 4.79 Å². The Morgan fingerprint density at radius 3 is 2.68 bits per heavy atom. The van der Waals surface area contributed by atoms with Gasteiger partial charge >= 0.3 is 5.97 Å². The average Bonchev–Trinajstić information content (AvgIpc) is 3.27. The van der Waals surface area contributed by atoms with Gasteiger partial charge < -0.3 is 10.0 Å². The third-order valence-electron chi connectivity index (χ3n) is 5.53. The van der Waals surface area contributed by atoms with Crippen molar-refractivity contribution >= 4 is 18.4 Å². The summed E-state index contributed by atoms with van der Waals surface area (Å²) in [5.74, 6) is -0.805. The van der Waals surface area contributed by atoms with E-state index in [1.54, 1.807) is 0 Å². The van der Waals surface area contributed by atoms with E-state index in [0.717, 1.165) is 31.2 Å². The van der Waals surface area contributed by atoms with E-state index in [0.29, 0.717) is 12.5 Å². The SMILES string of the molecule is CCCCC1(C(=O)O)N=CN(C2CCCC2)C1/C=C/c1ccccc1. The summed E-state index contributed by atoms with van der Waals surface area (Å²) >= 11 is 0. The molecule has 0 bridgehead atoms. The molecule has 2 atom stereocenters. The molecule has 1 aromatic carbocycles. The molecule has 1 saturated carbocycles. The minimum atomic E-state index is -1.05. The van der Waals surface area contributed by atoms with Crippen LogP contribution < -0.4 is 0 Å². The maximum absolute atomic E-state index is 12.2. The van der Waals surface area contributed by atoms with Crippen molar-refractivity contribution in [1.29, 1.82) is 0 Å². The lowest BCUT2D eigenvalue weighted by Gasteiger charge is -2.35. The number of rotatable bonds is 7. The van der Waals surface area contributed by atoms with Crippen LogP contribution in [0.3, 0.4) is 0 Å². The zero-order valence-electron chi connectivity index (χ0n) is 15.0. The normalized spacial score (nSPS) is 26.8. The largest absolute Gasteiger partial charge is 0.479 e. The van der Waals surface area contributed by atoms with Gasteiger partial charge in [0.25, 0.3) is 0 Å². The number of unbranched alkanes of at least 4 members (excludes halogenated alkanes) is 1. The van der Waals surface area contributed by atoms with Gasteiger partial charge in [0.1, 0.15) is 0 Å². The Bertz CT molecular complexity index is 635. The highest BCUT2D eigenvalue weighted by atomic mass is 16.4. The molecule has 25 heavy (non-hydrogen) atoms. The zero-order valence-corrected chi connectivity index (χ0v) is 15.0. The standard InChI is InChI=1S/C21H28N2O2/c1-2-3-15-21(20(24)25)19(14-13-17-9-5-4-6-10-17)23(16-22-21)18-11-7-8-12-18/h4-6,9-10,13-14,16,18-19H,2-3,7-8,11-12,15H2,1H3,(H,24,25)/b14-13+. The summed E-state index contributed by atoms with van der Waals surface area (Å²) in [7, 11) is 0. The summed E-state index contributed by atoms with van der Waals surface area (Å²) in [4.78, 5) is 19.0. The lowest BCUT2D eigenvalue weighted by atomic mass is 9.84. The molecule has 1 aliphatic heterocycles. The maximum atomic E-state index is 12.2. The first-order valence-electron chi connectivity index (χ1n) is 9.47. The molecule has 0 spiro atoms. The molecule has 4 heteroatoms. The summed E-state index contributed by atoms with van der Waals surface area (Å²) in [5.41, 5.74) is 0.0414. The van der Waals surface area contributed by atoms with E-state index >= 15 is 0 Å². The van der Waals surface area contributed by atoms with Crippen LogP contribution in [-0.4, -0.2) is 39.9 Å². The highest BCUT2D eigenvalue weighted by Gasteiger charge is 2.51. The number of carboxylic acid groups (broad SMARTS) is 1. The van der Waals surface area contributed by atoms with E-state index in [4.69, 9.17) is 0 Å². The Morgan fingerprint density at radius 2 is 2.04 bits per heavy atom. The molecule has 3 rings (SSSR count). The van der Waals surface area contributed by atoms with Crippen molar-refractivity contribution in [3.05, 3.63) is 42.0 Å². The van der Waals surface area contributed by atoms with Crippen molar-refractivity contribution in [3.63, 3.8) is 0 Å². The number of carbonyl (C=O) groups is 1. The Hall–Kier alpha value is -2.10. The Morgan fingerprint density at radius 1 is 1.32 bits per heavy atom. The number of aliphatic carboxylic acids is 1. The minimum absolute atomic E-state index is 0.208. The van der Waals surface area contributed by atoms with Crippen LogP contribution in [0.15, 0.2) is 41.4 Å². The van der Waals surface area contributed by atoms with Crippen molar-refractivity contribution in [2.45, 2.75) is 69.5 Å². The van der Waals surface area contributed by atoms with Gasteiger partial charge in [-0.15, -0.1) is 0 Å². The summed E-state index contributed by atoms with van der Waals surface area (Å²) in [6.45, 7) is 2.10. The van der Waals surface area contributed by atoms with Crippen molar-refractivity contribution in [3.8, 4) is 0 Å². The molecule has 0 aromatic heterocycles. The maximum Gasteiger partial charge on any atom is 0.334 e. The molecule has 0 radical (unpaired) electrons. The second-order valence-corrected chi connectivity index (χ2v) is 7.18. The molecular weight excluding hydrogens is 312 g/mol.